The molecule has 0 heterocycles. The van der Waals surface area contributed by atoms with Crippen LogP contribution in [0.4, 0.5) is 10.1 Å². The van der Waals surface area contributed by atoms with Crippen LogP contribution in [-0.4, -0.2) is 24.3 Å². The number of anilines is 1. The lowest BCUT2D eigenvalue weighted by Crippen LogP contribution is -2.41. The third kappa shape index (κ3) is 2.62. The van der Waals surface area contributed by atoms with Crippen molar-refractivity contribution >= 4 is 5.69 Å². The van der Waals surface area contributed by atoms with Crippen molar-refractivity contribution in [2.45, 2.75) is 31.7 Å². The number of benzene rings is 1. The molecule has 18 heavy (non-hydrogen) atoms. The van der Waals surface area contributed by atoms with Gasteiger partial charge in [0.05, 0.1) is 17.3 Å². The van der Waals surface area contributed by atoms with Crippen molar-refractivity contribution in [2.75, 3.05) is 18.1 Å². The predicted octanol–water partition coefficient (Wildman–Crippen LogP) is 2.44. The lowest BCUT2D eigenvalue weighted by Gasteiger charge is -2.39. The van der Waals surface area contributed by atoms with Crippen LogP contribution in [0, 0.1) is 17.1 Å². The molecular formula is C14H17FN2O. The molecule has 4 heteroatoms. The van der Waals surface area contributed by atoms with Gasteiger partial charge in [-0.1, -0.05) is 0 Å². The van der Waals surface area contributed by atoms with Gasteiger partial charge in [-0.25, -0.2) is 4.39 Å². The zero-order valence-corrected chi connectivity index (χ0v) is 10.3. The minimum Gasteiger partial charge on any atom is -0.396 e. The van der Waals surface area contributed by atoms with Crippen LogP contribution in [0.3, 0.4) is 0 Å². The lowest BCUT2D eigenvalue weighted by atomic mass is 9.90. The molecule has 1 aliphatic rings. The van der Waals surface area contributed by atoms with Gasteiger partial charge >= 0.3 is 0 Å². The molecule has 0 unspecified atom stereocenters. The van der Waals surface area contributed by atoms with Crippen LogP contribution in [0.2, 0.25) is 0 Å². The molecule has 0 amide bonds. The third-order valence-corrected chi connectivity index (χ3v) is 3.46. The Bertz CT molecular complexity index is 452. The van der Waals surface area contributed by atoms with Crippen LogP contribution in [0.15, 0.2) is 18.2 Å². The summed E-state index contributed by atoms with van der Waals surface area (Å²) in [4.78, 5) is 2.02. The maximum Gasteiger partial charge on any atom is 0.147 e. The molecule has 0 aliphatic heterocycles. The van der Waals surface area contributed by atoms with E-state index in [1.165, 1.54) is 12.5 Å². The van der Waals surface area contributed by atoms with Crippen LogP contribution < -0.4 is 4.90 Å². The minimum absolute atomic E-state index is 0.112. The van der Waals surface area contributed by atoms with Gasteiger partial charge in [-0.05, 0) is 43.9 Å². The van der Waals surface area contributed by atoms with Crippen molar-refractivity contribution in [1.82, 2.24) is 0 Å². The molecule has 0 saturated heterocycles. The van der Waals surface area contributed by atoms with Gasteiger partial charge in [0, 0.05) is 19.2 Å². The van der Waals surface area contributed by atoms with E-state index in [2.05, 4.69) is 0 Å². The Kier molecular flexibility index (Phi) is 4.16. The summed E-state index contributed by atoms with van der Waals surface area (Å²) in [5.41, 5.74) is 0.888. The van der Waals surface area contributed by atoms with Crippen molar-refractivity contribution in [1.29, 1.82) is 5.26 Å². The maximum atomic E-state index is 14.0. The standard InChI is InChI=1S/C14H17FN2O/c15-13-9-11(10-16)5-6-14(13)17(7-2-8-18)12-3-1-4-12/h5-6,9,12,18H,1-4,7-8H2. The van der Waals surface area contributed by atoms with Gasteiger partial charge in [-0.2, -0.15) is 5.26 Å². The summed E-state index contributed by atoms with van der Waals surface area (Å²) in [6, 6.07) is 6.90. The summed E-state index contributed by atoms with van der Waals surface area (Å²) in [5, 5.41) is 17.7. The molecule has 96 valence electrons. The number of aliphatic hydroxyl groups is 1. The second-order valence-electron chi connectivity index (χ2n) is 4.63. The molecule has 1 saturated carbocycles. The van der Waals surface area contributed by atoms with Gasteiger partial charge in [-0.3, -0.25) is 0 Å². The number of hydrogen-bond acceptors (Lipinski definition) is 3. The van der Waals surface area contributed by atoms with Crippen molar-refractivity contribution in [2.24, 2.45) is 0 Å². The summed E-state index contributed by atoms with van der Waals surface area (Å²) in [6.45, 7) is 0.769. The Hall–Kier alpha value is -1.60. The molecule has 0 aromatic heterocycles. The van der Waals surface area contributed by atoms with Crippen LogP contribution in [0.25, 0.3) is 0 Å². The van der Waals surface area contributed by atoms with Crippen molar-refractivity contribution in [3.05, 3.63) is 29.6 Å². The molecule has 0 bridgehead atoms. The summed E-state index contributed by atoms with van der Waals surface area (Å²) >= 11 is 0. The first-order valence-electron chi connectivity index (χ1n) is 6.33. The van der Waals surface area contributed by atoms with E-state index in [4.69, 9.17) is 10.4 Å². The fourth-order valence-corrected chi connectivity index (χ4v) is 2.25. The van der Waals surface area contributed by atoms with Crippen molar-refractivity contribution in [3.8, 4) is 6.07 Å². The van der Waals surface area contributed by atoms with E-state index in [0.29, 0.717) is 30.3 Å². The molecular weight excluding hydrogens is 231 g/mol. The molecule has 1 fully saturated rings. The topological polar surface area (TPSA) is 47.3 Å². The number of nitriles is 1. The molecule has 0 atom stereocenters. The van der Waals surface area contributed by atoms with Gasteiger partial charge in [0.25, 0.3) is 0 Å². The SMILES string of the molecule is N#Cc1ccc(N(CCCO)C2CCC2)c(F)c1. The van der Waals surface area contributed by atoms with E-state index in [1.54, 1.807) is 12.1 Å². The molecule has 3 nitrogen and oxygen atoms in total. The molecule has 1 aromatic carbocycles. The smallest absolute Gasteiger partial charge is 0.147 e. The van der Waals surface area contributed by atoms with E-state index >= 15 is 0 Å². The van der Waals surface area contributed by atoms with Gasteiger partial charge in [0.15, 0.2) is 0 Å². The zero-order chi connectivity index (χ0) is 13.0. The van der Waals surface area contributed by atoms with E-state index < -0.39 is 0 Å². The Labute approximate surface area is 106 Å². The summed E-state index contributed by atoms with van der Waals surface area (Å²) < 4.78 is 14.0. The van der Waals surface area contributed by atoms with Crippen LogP contribution >= 0.6 is 0 Å². The van der Waals surface area contributed by atoms with Crippen LogP contribution in [0.5, 0.6) is 0 Å². The Morgan fingerprint density at radius 2 is 2.22 bits per heavy atom. The molecule has 1 aromatic rings. The van der Waals surface area contributed by atoms with E-state index in [-0.39, 0.29) is 12.4 Å². The highest BCUT2D eigenvalue weighted by molar-refractivity contribution is 5.52. The first kappa shape index (κ1) is 12.8. The highest BCUT2D eigenvalue weighted by atomic mass is 19.1. The number of rotatable bonds is 5. The molecule has 1 N–H and O–H groups in total. The summed E-state index contributed by atoms with van der Waals surface area (Å²) in [6.07, 6.45) is 3.96. The Morgan fingerprint density at radius 1 is 1.44 bits per heavy atom. The second-order valence-corrected chi connectivity index (χ2v) is 4.63. The number of halogens is 1. The number of hydrogen-bond donors (Lipinski definition) is 1. The van der Waals surface area contributed by atoms with Crippen LogP contribution in [-0.2, 0) is 0 Å². The zero-order valence-electron chi connectivity index (χ0n) is 10.3. The van der Waals surface area contributed by atoms with E-state index in [0.717, 1.165) is 12.8 Å². The lowest BCUT2D eigenvalue weighted by molar-refractivity contribution is 0.282. The summed E-state index contributed by atoms with van der Waals surface area (Å²) in [7, 11) is 0. The molecule has 1 aliphatic carbocycles. The molecule has 0 radical (unpaired) electrons. The largest absolute Gasteiger partial charge is 0.396 e. The molecule has 0 spiro atoms. The average Bonchev–Trinajstić information content (AvgIpc) is 2.32. The second kappa shape index (κ2) is 5.83. The molecule has 2 rings (SSSR count). The monoisotopic (exact) mass is 248 g/mol. The first-order chi connectivity index (χ1) is 8.76. The Balaban J connectivity index is 2.21. The maximum absolute atomic E-state index is 14.0. The predicted molar refractivity (Wildman–Crippen MR) is 67.8 cm³/mol. The summed E-state index contributed by atoms with van der Waals surface area (Å²) in [5.74, 6) is -0.348. The minimum atomic E-state index is -0.348. The normalized spacial score (nSPS) is 14.9. The van der Waals surface area contributed by atoms with Crippen molar-refractivity contribution < 1.29 is 9.50 Å². The van der Waals surface area contributed by atoms with E-state index in [9.17, 15) is 4.39 Å². The van der Waals surface area contributed by atoms with Gasteiger partial charge in [0.2, 0.25) is 0 Å². The van der Waals surface area contributed by atoms with Gasteiger partial charge in [0.1, 0.15) is 5.82 Å². The average molecular weight is 248 g/mol. The van der Waals surface area contributed by atoms with Crippen molar-refractivity contribution in [3.63, 3.8) is 0 Å². The van der Waals surface area contributed by atoms with Crippen LogP contribution in [0.1, 0.15) is 31.2 Å². The van der Waals surface area contributed by atoms with E-state index in [1.807, 2.05) is 11.0 Å². The fourth-order valence-electron chi connectivity index (χ4n) is 2.25. The highest BCUT2D eigenvalue weighted by Gasteiger charge is 2.26. The van der Waals surface area contributed by atoms with Gasteiger partial charge in [-0.15, -0.1) is 0 Å². The fraction of sp³-hybridized carbons (Fsp3) is 0.500. The Morgan fingerprint density at radius 3 is 2.72 bits per heavy atom. The first-order valence-corrected chi connectivity index (χ1v) is 6.33. The third-order valence-electron chi connectivity index (χ3n) is 3.46. The van der Waals surface area contributed by atoms with Gasteiger partial charge < -0.3 is 10.0 Å². The number of aliphatic hydroxyl groups excluding tert-OH is 1. The highest BCUT2D eigenvalue weighted by Crippen LogP contribution is 2.31. The quantitative estimate of drug-likeness (QED) is 0.870. The number of nitrogens with zero attached hydrogens (tertiary/aromatic N) is 2.